The number of ether oxygens (including phenoxy) is 2. The number of benzene rings is 2. The number of hydrogen-bond acceptors (Lipinski definition) is 5. The van der Waals surface area contributed by atoms with E-state index >= 15 is 0 Å². The third-order valence-electron chi connectivity index (χ3n) is 3.83. The minimum Gasteiger partial charge on any atom is -0.493 e. The Hall–Kier alpha value is -2.84. The van der Waals surface area contributed by atoms with Gasteiger partial charge in [0.25, 0.3) is 0 Å². The van der Waals surface area contributed by atoms with Gasteiger partial charge >= 0.3 is 0 Å². The number of thiazole rings is 1. The molecule has 2 aromatic carbocycles. The van der Waals surface area contributed by atoms with Crippen LogP contribution in [0.2, 0.25) is 0 Å². The van der Waals surface area contributed by atoms with Crippen molar-refractivity contribution in [1.29, 1.82) is 5.26 Å². The topological polar surface area (TPSA) is 55.1 Å². The minimum absolute atomic E-state index is 0.353. The molecule has 0 N–H and O–H groups in total. The molecule has 5 heteroatoms. The van der Waals surface area contributed by atoms with E-state index in [1.54, 1.807) is 36.6 Å². The van der Waals surface area contributed by atoms with Gasteiger partial charge in [0.15, 0.2) is 11.5 Å². The van der Waals surface area contributed by atoms with Crippen LogP contribution in [-0.4, -0.2) is 12.1 Å². The number of nitriles is 1. The van der Waals surface area contributed by atoms with Gasteiger partial charge in [0.05, 0.1) is 24.4 Å². The van der Waals surface area contributed by atoms with Crippen LogP contribution in [0.15, 0.2) is 47.8 Å². The largest absolute Gasteiger partial charge is 0.493 e. The van der Waals surface area contributed by atoms with Crippen LogP contribution in [0.3, 0.4) is 0 Å². The first kappa shape index (κ1) is 17.0. The normalized spacial score (nSPS) is 10.3. The first-order valence-corrected chi connectivity index (χ1v) is 8.86. The van der Waals surface area contributed by atoms with Crippen molar-refractivity contribution in [2.45, 2.75) is 20.0 Å². The lowest BCUT2D eigenvalue weighted by molar-refractivity contribution is 0.281. The molecule has 0 spiro atoms. The van der Waals surface area contributed by atoms with Gasteiger partial charge in [-0.3, -0.25) is 0 Å². The molecule has 0 aliphatic heterocycles. The van der Waals surface area contributed by atoms with Crippen molar-refractivity contribution in [1.82, 2.24) is 4.98 Å². The van der Waals surface area contributed by atoms with E-state index < -0.39 is 0 Å². The van der Waals surface area contributed by atoms with Gasteiger partial charge in [0, 0.05) is 17.0 Å². The van der Waals surface area contributed by atoms with Crippen LogP contribution in [-0.2, 0) is 13.0 Å². The maximum Gasteiger partial charge on any atom is 0.162 e. The van der Waals surface area contributed by atoms with Gasteiger partial charge in [-0.05, 0) is 24.1 Å². The zero-order chi connectivity index (χ0) is 17.6. The molecule has 0 bridgehead atoms. The molecule has 0 unspecified atom stereocenters. The summed E-state index contributed by atoms with van der Waals surface area (Å²) in [5.41, 5.74) is 3.84. The smallest absolute Gasteiger partial charge is 0.162 e. The maximum atomic E-state index is 8.95. The summed E-state index contributed by atoms with van der Waals surface area (Å²) < 4.78 is 11.1. The van der Waals surface area contributed by atoms with Crippen molar-refractivity contribution in [2.24, 2.45) is 0 Å². The molecule has 126 valence electrons. The number of rotatable bonds is 6. The first-order chi connectivity index (χ1) is 12.2. The molecule has 1 heterocycles. The molecule has 0 saturated carbocycles. The van der Waals surface area contributed by atoms with E-state index in [-0.39, 0.29) is 0 Å². The Bertz CT molecular complexity index is 895. The summed E-state index contributed by atoms with van der Waals surface area (Å²) >= 11 is 1.60. The van der Waals surface area contributed by atoms with Crippen LogP contribution in [0, 0.1) is 11.3 Å². The monoisotopic (exact) mass is 350 g/mol. The zero-order valence-corrected chi connectivity index (χ0v) is 15.0. The summed E-state index contributed by atoms with van der Waals surface area (Å²) in [5.74, 6) is 1.15. The van der Waals surface area contributed by atoms with Crippen molar-refractivity contribution in [3.05, 3.63) is 64.7 Å². The van der Waals surface area contributed by atoms with Crippen LogP contribution >= 0.6 is 11.3 Å². The molecule has 4 nitrogen and oxygen atoms in total. The third kappa shape index (κ3) is 3.98. The highest BCUT2D eigenvalue weighted by molar-refractivity contribution is 7.13. The fraction of sp³-hybridized carbons (Fsp3) is 0.200. The van der Waals surface area contributed by atoms with Crippen molar-refractivity contribution in [3.8, 4) is 28.1 Å². The Kier molecular flexibility index (Phi) is 5.32. The number of aromatic nitrogens is 1. The van der Waals surface area contributed by atoms with E-state index in [0.717, 1.165) is 22.7 Å². The van der Waals surface area contributed by atoms with Gasteiger partial charge in [-0.25, -0.2) is 4.98 Å². The van der Waals surface area contributed by atoms with Crippen LogP contribution < -0.4 is 9.47 Å². The summed E-state index contributed by atoms with van der Waals surface area (Å²) in [6, 6.07) is 15.7. The van der Waals surface area contributed by atoms with Crippen LogP contribution in [0.4, 0.5) is 0 Å². The average molecular weight is 350 g/mol. The standard InChI is InChI=1S/C20H18N2O2S/c1-3-14-4-7-16(8-5-14)20-22-17(13-25-20)12-24-18-9-6-15(11-21)10-19(18)23-2/h4-10,13H,3,12H2,1-2H3. The molecule has 0 atom stereocenters. The number of hydrogen-bond donors (Lipinski definition) is 0. The summed E-state index contributed by atoms with van der Waals surface area (Å²) in [5, 5.41) is 11.9. The molecule has 0 radical (unpaired) electrons. The number of methoxy groups -OCH3 is 1. The van der Waals surface area contributed by atoms with Gasteiger partial charge in [0.2, 0.25) is 0 Å². The Balaban J connectivity index is 1.70. The Morgan fingerprint density at radius 1 is 1.12 bits per heavy atom. The van der Waals surface area contributed by atoms with Gasteiger partial charge < -0.3 is 9.47 Å². The molecule has 25 heavy (non-hydrogen) atoms. The molecule has 0 saturated heterocycles. The maximum absolute atomic E-state index is 8.95. The molecule has 0 aliphatic carbocycles. The van der Waals surface area contributed by atoms with Crippen molar-refractivity contribution < 1.29 is 9.47 Å². The SMILES string of the molecule is CCc1ccc(-c2nc(COc3ccc(C#N)cc3OC)cs2)cc1. The molecule has 0 amide bonds. The molecule has 0 fully saturated rings. The van der Waals surface area contributed by atoms with Crippen LogP contribution in [0.1, 0.15) is 23.7 Å². The minimum atomic E-state index is 0.353. The van der Waals surface area contributed by atoms with Crippen molar-refractivity contribution >= 4 is 11.3 Å². The van der Waals surface area contributed by atoms with E-state index in [1.165, 1.54) is 5.56 Å². The highest BCUT2D eigenvalue weighted by Crippen LogP contribution is 2.29. The Morgan fingerprint density at radius 3 is 2.60 bits per heavy atom. The van der Waals surface area contributed by atoms with E-state index in [2.05, 4.69) is 42.2 Å². The van der Waals surface area contributed by atoms with E-state index in [0.29, 0.717) is 23.7 Å². The average Bonchev–Trinajstić information content (AvgIpc) is 3.15. The van der Waals surface area contributed by atoms with Crippen molar-refractivity contribution in [3.63, 3.8) is 0 Å². The second kappa shape index (κ2) is 7.82. The Labute approximate surface area is 151 Å². The van der Waals surface area contributed by atoms with Gasteiger partial charge in [-0.1, -0.05) is 31.2 Å². The molecule has 3 aromatic rings. The summed E-state index contributed by atoms with van der Waals surface area (Å²) in [6.45, 7) is 2.50. The lowest BCUT2D eigenvalue weighted by Crippen LogP contribution is -1.98. The number of nitrogens with zero attached hydrogens (tertiary/aromatic N) is 2. The fourth-order valence-corrected chi connectivity index (χ4v) is 3.21. The number of aryl methyl sites for hydroxylation is 1. The molecular formula is C20H18N2O2S. The van der Waals surface area contributed by atoms with Crippen LogP contribution in [0.25, 0.3) is 10.6 Å². The molecule has 3 rings (SSSR count). The Morgan fingerprint density at radius 2 is 1.92 bits per heavy atom. The first-order valence-electron chi connectivity index (χ1n) is 7.98. The predicted octanol–water partition coefficient (Wildman–Crippen LogP) is 4.83. The summed E-state index contributed by atoms with van der Waals surface area (Å²) in [7, 11) is 1.56. The van der Waals surface area contributed by atoms with Gasteiger partial charge in [-0.15, -0.1) is 11.3 Å². The van der Waals surface area contributed by atoms with E-state index in [9.17, 15) is 0 Å². The fourth-order valence-electron chi connectivity index (χ4n) is 2.40. The predicted molar refractivity (Wildman–Crippen MR) is 99.0 cm³/mol. The third-order valence-corrected chi connectivity index (χ3v) is 4.77. The molecule has 0 aliphatic rings. The molecular weight excluding hydrogens is 332 g/mol. The van der Waals surface area contributed by atoms with E-state index in [4.69, 9.17) is 14.7 Å². The highest BCUT2D eigenvalue weighted by atomic mass is 32.1. The lowest BCUT2D eigenvalue weighted by atomic mass is 10.1. The second-order valence-electron chi connectivity index (χ2n) is 5.46. The highest BCUT2D eigenvalue weighted by Gasteiger charge is 2.09. The van der Waals surface area contributed by atoms with Crippen LogP contribution in [0.5, 0.6) is 11.5 Å². The second-order valence-corrected chi connectivity index (χ2v) is 6.32. The lowest BCUT2D eigenvalue weighted by Gasteiger charge is -2.09. The summed E-state index contributed by atoms with van der Waals surface area (Å²) in [6.07, 6.45) is 1.03. The van der Waals surface area contributed by atoms with E-state index in [1.807, 2.05) is 5.38 Å². The van der Waals surface area contributed by atoms with Gasteiger partial charge in [0.1, 0.15) is 11.6 Å². The zero-order valence-electron chi connectivity index (χ0n) is 14.2. The summed E-state index contributed by atoms with van der Waals surface area (Å²) in [4.78, 5) is 4.64. The quantitative estimate of drug-likeness (QED) is 0.639. The van der Waals surface area contributed by atoms with Crippen molar-refractivity contribution in [2.75, 3.05) is 7.11 Å². The molecule has 1 aromatic heterocycles. The van der Waals surface area contributed by atoms with Gasteiger partial charge in [-0.2, -0.15) is 5.26 Å².